The Balaban J connectivity index is 1.64. The first kappa shape index (κ1) is 14.9. The van der Waals surface area contributed by atoms with Crippen LogP contribution in [-0.4, -0.2) is 43.0 Å². The molecule has 0 amide bonds. The Morgan fingerprint density at radius 3 is 3.08 bits per heavy atom. The standard InChI is InChI=1S/C15H19N7O2/c1-3-11-17-12(20-24-11)9-5-4-6-22(8-9)15-18-13-10(14(23)19-15)7-16-21(13)2/h7,9H,3-6,8H2,1-2H3,(H,18,19,23). The minimum atomic E-state index is -0.168. The quantitative estimate of drug-likeness (QED) is 0.763. The number of aromatic amines is 1. The largest absolute Gasteiger partial charge is 0.342 e. The highest BCUT2D eigenvalue weighted by molar-refractivity contribution is 5.74. The molecule has 9 heteroatoms. The molecule has 1 aliphatic rings. The molecule has 3 aromatic rings. The minimum absolute atomic E-state index is 0.168. The van der Waals surface area contributed by atoms with Gasteiger partial charge in [-0.05, 0) is 12.8 Å². The van der Waals surface area contributed by atoms with E-state index in [4.69, 9.17) is 4.52 Å². The van der Waals surface area contributed by atoms with Gasteiger partial charge in [-0.25, -0.2) is 0 Å². The molecule has 0 saturated carbocycles. The number of rotatable bonds is 3. The maximum atomic E-state index is 12.2. The monoisotopic (exact) mass is 329 g/mol. The minimum Gasteiger partial charge on any atom is -0.342 e. The maximum absolute atomic E-state index is 12.2. The van der Waals surface area contributed by atoms with Crippen molar-refractivity contribution in [1.29, 1.82) is 0 Å². The van der Waals surface area contributed by atoms with Gasteiger partial charge >= 0.3 is 0 Å². The molecule has 1 aliphatic heterocycles. The summed E-state index contributed by atoms with van der Waals surface area (Å²) in [4.78, 5) is 26.2. The van der Waals surface area contributed by atoms with Crippen LogP contribution in [0.1, 0.15) is 37.4 Å². The molecule has 1 fully saturated rings. The lowest BCUT2D eigenvalue weighted by Gasteiger charge is -2.31. The van der Waals surface area contributed by atoms with E-state index in [1.54, 1.807) is 11.7 Å². The summed E-state index contributed by atoms with van der Waals surface area (Å²) in [6, 6.07) is 0. The molecule has 1 saturated heterocycles. The predicted molar refractivity (Wildman–Crippen MR) is 87.0 cm³/mol. The van der Waals surface area contributed by atoms with Gasteiger partial charge in [0.25, 0.3) is 5.56 Å². The van der Waals surface area contributed by atoms with Crippen molar-refractivity contribution in [2.24, 2.45) is 7.05 Å². The van der Waals surface area contributed by atoms with Crippen LogP contribution in [0.15, 0.2) is 15.5 Å². The Morgan fingerprint density at radius 1 is 1.42 bits per heavy atom. The van der Waals surface area contributed by atoms with Crippen LogP contribution in [0.2, 0.25) is 0 Å². The molecule has 0 aromatic carbocycles. The lowest BCUT2D eigenvalue weighted by atomic mass is 9.98. The van der Waals surface area contributed by atoms with E-state index in [9.17, 15) is 4.79 Å². The van der Waals surface area contributed by atoms with Crippen molar-refractivity contribution in [3.05, 3.63) is 28.3 Å². The number of H-pyrrole nitrogens is 1. The molecule has 126 valence electrons. The fourth-order valence-corrected chi connectivity index (χ4v) is 3.13. The highest BCUT2D eigenvalue weighted by atomic mass is 16.5. The van der Waals surface area contributed by atoms with Gasteiger partial charge in [-0.2, -0.15) is 15.1 Å². The number of aryl methyl sites for hydroxylation is 2. The lowest BCUT2D eigenvalue weighted by Crippen LogP contribution is -2.37. The second-order valence-electron chi connectivity index (χ2n) is 6.08. The van der Waals surface area contributed by atoms with Gasteiger partial charge in [0.1, 0.15) is 5.39 Å². The summed E-state index contributed by atoms with van der Waals surface area (Å²) >= 11 is 0. The molecule has 4 rings (SSSR count). The fourth-order valence-electron chi connectivity index (χ4n) is 3.13. The fraction of sp³-hybridized carbons (Fsp3) is 0.533. The smallest absolute Gasteiger partial charge is 0.263 e. The van der Waals surface area contributed by atoms with Crippen LogP contribution in [0.25, 0.3) is 11.0 Å². The molecule has 0 spiro atoms. The Bertz CT molecular complexity index is 925. The van der Waals surface area contributed by atoms with Crippen LogP contribution in [0.3, 0.4) is 0 Å². The third kappa shape index (κ3) is 2.45. The van der Waals surface area contributed by atoms with Gasteiger partial charge in [0.15, 0.2) is 11.5 Å². The van der Waals surface area contributed by atoms with E-state index < -0.39 is 0 Å². The number of fused-ring (bicyclic) bond motifs is 1. The molecule has 4 heterocycles. The number of nitrogens with zero attached hydrogens (tertiary/aromatic N) is 6. The van der Waals surface area contributed by atoms with E-state index in [0.29, 0.717) is 29.4 Å². The summed E-state index contributed by atoms with van der Waals surface area (Å²) in [5.41, 5.74) is 0.418. The highest BCUT2D eigenvalue weighted by Gasteiger charge is 2.27. The number of hydrogen-bond donors (Lipinski definition) is 1. The number of nitrogens with one attached hydrogen (secondary N) is 1. The zero-order valence-electron chi connectivity index (χ0n) is 13.7. The van der Waals surface area contributed by atoms with Crippen molar-refractivity contribution in [2.75, 3.05) is 18.0 Å². The van der Waals surface area contributed by atoms with Crippen LogP contribution < -0.4 is 10.5 Å². The highest BCUT2D eigenvalue weighted by Crippen LogP contribution is 2.27. The van der Waals surface area contributed by atoms with E-state index in [1.807, 2.05) is 6.92 Å². The Morgan fingerprint density at radius 2 is 2.29 bits per heavy atom. The van der Waals surface area contributed by atoms with Gasteiger partial charge in [-0.15, -0.1) is 0 Å². The van der Waals surface area contributed by atoms with E-state index in [2.05, 4.69) is 30.1 Å². The summed E-state index contributed by atoms with van der Waals surface area (Å²) in [5, 5.41) is 8.69. The predicted octanol–water partition coefficient (Wildman–Crippen LogP) is 0.986. The first-order chi connectivity index (χ1) is 11.7. The zero-order chi connectivity index (χ0) is 16.7. The van der Waals surface area contributed by atoms with E-state index in [0.717, 1.165) is 31.6 Å². The molecule has 0 radical (unpaired) electrons. The van der Waals surface area contributed by atoms with Gasteiger partial charge in [-0.1, -0.05) is 12.1 Å². The van der Waals surface area contributed by atoms with Crippen molar-refractivity contribution < 1.29 is 4.52 Å². The molecule has 1 atom stereocenters. The normalized spacial score (nSPS) is 18.4. The van der Waals surface area contributed by atoms with Crippen LogP contribution >= 0.6 is 0 Å². The lowest BCUT2D eigenvalue weighted by molar-refractivity contribution is 0.367. The molecule has 1 unspecified atom stereocenters. The average Bonchev–Trinajstić information content (AvgIpc) is 3.22. The maximum Gasteiger partial charge on any atom is 0.263 e. The second kappa shape index (κ2) is 5.73. The van der Waals surface area contributed by atoms with Crippen molar-refractivity contribution in [3.8, 4) is 0 Å². The number of hydrogen-bond acceptors (Lipinski definition) is 7. The van der Waals surface area contributed by atoms with E-state index >= 15 is 0 Å². The summed E-state index contributed by atoms with van der Waals surface area (Å²) in [7, 11) is 1.78. The van der Waals surface area contributed by atoms with Crippen molar-refractivity contribution >= 4 is 17.0 Å². The molecular formula is C15H19N7O2. The second-order valence-corrected chi connectivity index (χ2v) is 6.08. The first-order valence-electron chi connectivity index (χ1n) is 8.15. The summed E-state index contributed by atoms with van der Waals surface area (Å²) in [5.74, 6) is 2.14. The SMILES string of the molecule is CCc1nc(C2CCCN(c3nc4c(cnn4C)c(=O)[nH]3)C2)no1. The summed E-state index contributed by atoms with van der Waals surface area (Å²) in [6.07, 6.45) is 4.25. The van der Waals surface area contributed by atoms with Gasteiger partial charge in [0.05, 0.1) is 6.20 Å². The summed E-state index contributed by atoms with van der Waals surface area (Å²) in [6.45, 7) is 3.53. The van der Waals surface area contributed by atoms with Crippen LogP contribution in [0, 0.1) is 0 Å². The van der Waals surface area contributed by atoms with E-state index in [-0.39, 0.29) is 11.5 Å². The number of anilines is 1. The molecule has 1 N–H and O–H groups in total. The molecule has 9 nitrogen and oxygen atoms in total. The van der Waals surface area contributed by atoms with Crippen molar-refractivity contribution in [3.63, 3.8) is 0 Å². The van der Waals surface area contributed by atoms with Crippen molar-refractivity contribution in [2.45, 2.75) is 32.1 Å². The van der Waals surface area contributed by atoms with Gasteiger partial charge in [-0.3, -0.25) is 14.5 Å². The molecule has 24 heavy (non-hydrogen) atoms. The van der Waals surface area contributed by atoms with Crippen LogP contribution in [0.4, 0.5) is 5.95 Å². The van der Waals surface area contributed by atoms with Crippen molar-refractivity contribution in [1.82, 2.24) is 29.9 Å². The average molecular weight is 329 g/mol. The molecule has 0 bridgehead atoms. The third-order valence-electron chi connectivity index (χ3n) is 4.46. The Hall–Kier alpha value is -2.71. The first-order valence-corrected chi connectivity index (χ1v) is 8.15. The molecule has 3 aromatic heterocycles. The molecular weight excluding hydrogens is 310 g/mol. The van der Waals surface area contributed by atoms with E-state index in [1.165, 1.54) is 6.20 Å². The number of piperidine rings is 1. The Kier molecular flexibility index (Phi) is 3.55. The Labute approximate surface area is 137 Å². The zero-order valence-corrected chi connectivity index (χ0v) is 13.7. The van der Waals surface area contributed by atoms with Gasteiger partial charge < -0.3 is 9.42 Å². The molecule has 0 aliphatic carbocycles. The van der Waals surface area contributed by atoms with Crippen LogP contribution in [0.5, 0.6) is 0 Å². The van der Waals surface area contributed by atoms with Gasteiger partial charge in [0.2, 0.25) is 11.8 Å². The topological polar surface area (TPSA) is 106 Å². The third-order valence-corrected chi connectivity index (χ3v) is 4.46. The van der Waals surface area contributed by atoms with Crippen LogP contribution in [-0.2, 0) is 13.5 Å². The number of aromatic nitrogens is 6. The van der Waals surface area contributed by atoms with Gasteiger partial charge in [0, 0.05) is 32.5 Å². The summed E-state index contributed by atoms with van der Waals surface area (Å²) < 4.78 is 6.84.